The molecule has 0 bridgehead atoms. The topological polar surface area (TPSA) is 68.6 Å². The number of nitrogens with zero attached hydrogens (tertiary/aromatic N) is 1. The SMILES string of the molecule is CCC1(C(C/C=C/[C@@H]2[C@@H](C/C=C/CCCC(=O)OC)[C@H](C#N)C[C@H]2O[Si](C)(C)C(C)(C)C)O[Si](C)(C)C(C)(C)C)CCC1. The van der Waals surface area contributed by atoms with E-state index >= 15 is 0 Å². The number of carbonyl (C=O) groups is 1. The Morgan fingerprint density at radius 1 is 1.02 bits per heavy atom. The first-order chi connectivity index (χ1) is 19.8. The molecule has 246 valence electrons. The monoisotopic (exact) mass is 631 g/mol. The molecule has 43 heavy (non-hydrogen) atoms. The Balaban J connectivity index is 2.32. The average molecular weight is 632 g/mol. The van der Waals surface area contributed by atoms with Gasteiger partial charge in [0.2, 0.25) is 0 Å². The minimum Gasteiger partial charge on any atom is -0.469 e. The summed E-state index contributed by atoms with van der Waals surface area (Å²) in [5.74, 6) is 0.228. The van der Waals surface area contributed by atoms with Gasteiger partial charge in [0.15, 0.2) is 16.6 Å². The van der Waals surface area contributed by atoms with E-state index in [-0.39, 0.29) is 51.4 Å². The molecule has 0 aliphatic heterocycles. The average Bonchev–Trinajstić information content (AvgIpc) is 3.19. The molecule has 0 radical (unpaired) electrons. The molecule has 0 heterocycles. The smallest absolute Gasteiger partial charge is 0.305 e. The standard InChI is InChI=1S/C36H65NO4Si2/c1-13-36(24-19-25-36)32(41-43(11,12)35(5,6)7)22-18-21-30-29(20-16-14-15-17-23-33(38)39-8)28(27-37)26-31(30)40-42(9,10)34(2,3)4/h14,16,18,21,28-32H,13,15,17,19-20,22-26H2,1-12H3/b16-14+,21-18+/t28-,29-,30+,31+,32?/m0/s1. The van der Waals surface area contributed by atoms with E-state index in [1.807, 2.05) is 0 Å². The number of hydrogen-bond acceptors (Lipinski definition) is 5. The summed E-state index contributed by atoms with van der Waals surface area (Å²) in [7, 11) is -2.51. The van der Waals surface area contributed by atoms with Gasteiger partial charge in [0, 0.05) is 12.3 Å². The molecule has 0 aromatic rings. The zero-order chi connectivity index (χ0) is 32.7. The number of rotatable bonds is 15. The fourth-order valence-corrected chi connectivity index (χ4v) is 9.01. The first-order valence-corrected chi connectivity index (χ1v) is 22.8. The Hall–Kier alpha value is -1.21. The van der Waals surface area contributed by atoms with Crippen molar-refractivity contribution in [3.63, 3.8) is 0 Å². The Morgan fingerprint density at radius 2 is 1.65 bits per heavy atom. The van der Waals surface area contributed by atoms with Crippen molar-refractivity contribution in [1.82, 2.24) is 0 Å². The summed E-state index contributed by atoms with van der Waals surface area (Å²) in [5, 5.41) is 10.5. The summed E-state index contributed by atoms with van der Waals surface area (Å²) < 4.78 is 19.0. The summed E-state index contributed by atoms with van der Waals surface area (Å²) >= 11 is 0. The van der Waals surface area contributed by atoms with Gasteiger partial charge in [-0.05, 0) is 99.0 Å². The zero-order valence-electron chi connectivity index (χ0n) is 29.8. The van der Waals surface area contributed by atoms with Crippen LogP contribution in [0.15, 0.2) is 24.3 Å². The third kappa shape index (κ3) is 9.89. The molecule has 2 fully saturated rings. The van der Waals surface area contributed by atoms with E-state index in [0.29, 0.717) is 6.42 Å². The van der Waals surface area contributed by atoms with E-state index in [4.69, 9.17) is 13.6 Å². The van der Waals surface area contributed by atoms with Crippen LogP contribution < -0.4 is 0 Å². The van der Waals surface area contributed by atoms with Gasteiger partial charge < -0.3 is 13.6 Å². The van der Waals surface area contributed by atoms with Crippen molar-refractivity contribution >= 4 is 22.6 Å². The van der Waals surface area contributed by atoms with Crippen molar-refractivity contribution in [2.24, 2.45) is 23.2 Å². The Bertz CT molecular complexity index is 989. The highest BCUT2D eigenvalue weighted by atomic mass is 28.4. The number of ether oxygens (including phenoxy) is 1. The van der Waals surface area contributed by atoms with Crippen molar-refractivity contribution in [3.8, 4) is 6.07 Å². The number of nitriles is 1. The van der Waals surface area contributed by atoms with Crippen molar-refractivity contribution in [1.29, 1.82) is 5.26 Å². The second-order valence-corrected chi connectivity index (χ2v) is 25.9. The number of allylic oxidation sites excluding steroid dienone is 2. The molecule has 5 atom stereocenters. The molecule has 2 saturated carbocycles. The van der Waals surface area contributed by atoms with E-state index in [1.54, 1.807) is 0 Å². The van der Waals surface area contributed by atoms with E-state index in [9.17, 15) is 10.1 Å². The van der Waals surface area contributed by atoms with Crippen LogP contribution in [0.3, 0.4) is 0 Å². The van der Waals surface area contributed by atoms with Crippen LogP contribution >= 0.6 is 0 Å². The summed E-state index contributed by atoms with van der Waals surface area (Å²) in [6.45, 7) is 25.7. The highest BCUT2D eigenvalue weighted by Gasteiger charge is 2.49. The van der Waals surface area contributed by atoms with Crippen LogP contribution in [0.5, 0.6) is 0 Å². The number of carbonyl (C=O) groups excluding carboxylic acids is 1. The van der Waals surface area contributed by atoms with Crippen LogP contribution in [0, 0.1) is 34.5 Å². The molecule has 0 aromatic carbocycles. The van der Waals surface area contributed by atoms with Gasteiger partial charge in [0.1, 0.15) is 0 Å². The van der Waals surface area contributed by atoms with Crippen LogP contribution in [0.4, 0.5) is 0 Å². The molecule has 2 aliphatic carbocycles. The highest BCUT2D eigenvalue weighted by Crippen LogP contribution is 2.52. The lowest BCUT2D eigenvalue weighted by Crippen LogP contribution is -2.51. The number of methoxy groups -OCH3 is 1. The molecule has 7 heteroatoms. The largest absolute Gasteiger partial charge is 0.469 e. The Labute approximate surface area is 267 Å². The molecule has 0 aromatic heterocycles. The van der Waals surface area contributed by atoms with Crippen molar-refractivity contribution in [3.05, 3.63) is 24.3 Å². The van der Waals surface area contributed by atoms with Gasteiger partial charge in [-0.3, -0.25) is 4.79 Å². The lowest BCUT2D eigenvalue weighted by atomic mass is 9.63. The molecule has 1 unspecified atom stereocenters. The molecule has 2 rings (SSSR count). The fraction of sp³-hybridized carbons (Fsp3) is 0.833. The molecule has 0 saturated heterocycles. The van der Waals surface area contributed by atoms with E-state index in [1.165, 1.54) is 32.8 Å². The predicted molar refractivity (Wildman–Crippen MR) is 185 cm³/mol. The van der Waals surface area contributed by atoms with Gasteiger partial charge in [-0.25, -0.2) is 0 Å². The summed E-state index contributed by atoms with van der Waals surface area (Å²) in [6, 6.07) is 2.66. The van der Waals surface area contributed by atoms with E-state index in [0.717, 1.165) is 32.1 Å². The predicted octanol–water partition coefficient (Wildman–Crippen LogP) is 10.4. The van der Waals surface area contributed by atoms with E-state index in [2.05, 4.69) is 105 Å². The van der Waals surface area contributed by atoms with Crippen LogP contribution in [-0.4, -0.2) is 41.9 Å². The molecule has 2 aliphatic rings. The number of hydrogen-bond donors (Lipinski definition) is 0. The highest BCUT2D eigenvalue weighted by molar-refractivity contribution is 6.74. The molecular formula is C36H65NO4Si2. The summed E-state index contributed by atoms with van der Waals surface area (Å²) in [6.07, 6.45) is 19.1. The van der Waals surface area contributed by atoms with Crippen LogP contribution in [0.1, 0.15) is 113 Å². The Morgan fingerprint density at radius 3 is 2.14 bits per heavy atom. The number of esters is 1. The molecule has 5 nitrogen and oxygen atoms in total. The molecule has 0 spiro atoms. The van der Waals surface area contributed by atoms with Crippen LogP contribution in [-0.2, 0) is 18.4 Å². The molecule has 0 amide bonds. The van der Waals surface area contributed by atoms with E-state index < -0.39 is 16.6 Å². The summed E-state index contributed by atoms with van der Waals surface area (Å²) in [4.78, 5) is 11.5. The quantitative estimate of drug-likeness (QED) is 0.0778. The summed E-state index contributed by atoms with van der Waals surface area (Å²) in [5.41, 5.74) is 0.286. The third-order valence-corrected chi connectivity index (χ3v) is 20.6. The fourth-order valence-electron chi connectivity index (χ4n) is 6.23. The van der Waals surface area contributed by atoms with Gasteiger partial charge in [-0.1, -0.05) is 79.2 Å². The first-order valence-electron chi connectivity index (χ1n) is 17.0. The van der Waals surface area contributed by atoms with Gasteiger partial charge in [0.25, 0.3) is 0 Å². The van der Waals surface area contributed by atoms with Crippen molar-refractivity contribution < 1.29 is 18.4 Å². The van der Waals surface area contributed by atoms with Crippen LogP contribution in [0.25, 0.3) is 0 Å². The normalized spacial score (nSPS) is 25.6. The molecular weight excluding hydrogens is 567 g/mol. The van der Waals surface area contributed by atoms with Crippen molar-refractivity contribution in [2.45, 2.75) is 161 Å². The minimum absolute atomic E-state index is 0.0305. The lowest BCUT2D eigenvalue weighted by Gasteiger charge is -2.51. The number of unbranched alkanes of at least 4 members (excludes halogenated alkanes) is 1. The third-order valence-electron chi connectivity index (χ3n) is 11.6. The van der Waals surface area contributed by atoms with Crippen LogP contribution in [0.2, 0.25) is 36.3 Å². The second-order valence-electron chi connectivity index (χ2n) is 16.4. The first kappa shape index (κ1) is 38.0. The maximum atomic E-state index is 11.5. The second kappa shape index (κ2) is 15.4. The lowest BCUT2D eigenvalue weighted by molar-refractivity contribution is -0.140. The maximum Gasteiger partial charge on any atom is 0.305 e. The minimum atomic E-state index is -2.02. The van der Waals surface area contributed by atoms with Gasteiger partial charge >= 0.3 is 5.97 Å². The van der Waals surface area contributed by atoms with Crippen molar-refractivity contribution in [2.75, 3.05) is 7.11 Å². The van der Waals surface area contributed by atoms with Gasteiger partial charge in [-0.2, -0.15) is 5.26 Å². The van der Waals surface area contributed by atoms with Gasteiger partial charge in [0.05, 0.1) is 31.3 Å². The zero-order valence-corrected chi connectivity index (χ0v) is 31.8. The maximum absolute atomic E-state index is 11.5. The molecule has 0 N–H and O–H groups in total. The van der Waals surface area contributed by atoms with Gasteiger partial charge in [-0.15, -0.1) is 0 Å². The Kier molecular flexibility index (Phi) is 13.6.